The van der Waals surface area contributed by atoms with Crippen LogP contribution in [0.3, 0.4) is 0 Å². The fourth-order valence-corrected chi connectivity index (χ4v) is 2.79. The molecule has 1 aromatic carbocycles. The highest BCUT2D eigenvalue weighted by Gasteiger charge is 2.06. The van der Waals surface area contributed by atoms with Crippen LogP contribution >= 0.6 is 11.3 Å². The molecule has 0 bridgehead atoms. The van der Waals surface area contributed by atoms with Crippen molar-refractivity contribution < 1.29 is 0 Å². The molecule has 0 unspecified atom stereocenters. The predicted molar refractivity (Wildman–Crippen MR) is 91.6 cm³/mol. The van der Waals surface area contributed by atoms with Crippen LogP contribution in [0.5, 0.6) is 0 Å². The van der Waals surface area contributed by atoms with E-state index in [2.05, 4.69) is 16.9 Å². The van der Waals surface area contributed by atoms with Gasteiger partial charge in [0.2, 0.25) is 0 Å². The van der Waals surface area contributed by atoms with Gasteiger partial charge in [0.25, 0.3) is 5.56 Å². The highest BCUT2D eigenvalue weighted by atomic mass is 32.1. The molecule has 0 atom stereocenters. The summed E-state index contributed by atoms with van der Waals surface area (Å²) >= 11 is 1.55. The molecule has 4 nitrogen and oxygen atoms in total. The van der Waals surface area contributed by atoms with E-state index in [4.69, 9.17) is 0 Å². The molecular weight excluding hydrogens is 294 g/mol. The molecule has 2 heterocycles. The zero-order valence-electron chi connectivity index (χ0n) is 12.1. The van der Waals surface area contributed by atoms with Gasteiger partial charge in [-0.15, -0.1) is 11.3 Å². The molecule has 0 aliphatic carbocycles. The molecule has 0 aliphatic heterocycles. The average molecular weight is 309 g/mol. The Labute approximate surface area is 132 Å². The van der Waals surface area contributed by atoms with Gasteiger partial charge in [-0.25, -0.2) is 4.98 Å². The van der Waals surface area contributed by atoms with E-state index in [-0.39, 0.29) is 5.56 Å². The molecule has 3 rings (SSSR count). The maximum Gasteiger partial charge on any atom is 0.255 e. The summed E-state index contributed by atoms with van der Waals surface area (Å²) in [5, 5.41) is 5.97. The molecule has 0 saturated heterocycles. The SMILES string of the molecule is C=C(C)Nc1cccc(-n2cc(-c3nccs3)ccc2=O)c1. The monoisotopic (exact) mass is 309 g/mol. The lowest BCUT2D eigenvalue weighted by atomic mass is 10.2. The first-order valence-corrected chi connectivity index (χ1v) is 7.67. The molecule has 1 N–H and O–H groups in total. The minimum absolute atomic E-state index is 0.0761. The number of nitrogens with zero attached hydrogens (tertiary/aromatic N) is 2. The molecular formula is C17H15N3OS. The Bertz CT molecular complexity index is 866. The van der Waals surface area contributed by atoms with Crippen LogP contribution < -0.4 is 10.9 Å². The summed E-state index contributed by atoms with van der Waals surface area (Å²) in [7, 11) is 0. The number of hydrogen-bond donors (Lipinski definition) is 1. The van der Waals surface area contributed by atoms with E-state index in [1.54, 1.807) is 34.2 Å². The van der Waals surface area contributed by atoms with Gasteiger partial charge < -0.3 is 5.32 Å². The lowest BCUT2D eigenvalue weighted by Crippen LogP contribution is -2.16. The fraction of sp³-hybridized carbons (Fsp3) is 0.0588. The lowest BCUT2D eigenvalue weighted by Gasteiger charge is -2.10. The van der Waals surface area contributed by atoms with Crippen molar-refractivity contribution in [3.8, 4) is 16.3 Å². The van der Waals surface area contributed by atoms with Crippen molar-refractivity contribution in [2.24, 2.45) is 0 Å². The summed E-state index contributed by atoms with van der Waals surface area (Å²) in [5.41, 5.74) is 3.40. The molecule has 0 aliphatic rings. The van der Waals surface area contributed by atoms with Gasteiger partial charge in [-0.2, -0.15) is 0 Å². The average Bonchev–Trinajstić information content (AvgIpc) is 3.01. The first kappa shape index (κ1) is 14.3. The number of pyridine rings is 1. The van der Waals surface area contributed by atoms with Gasteiger partial charge in [0, 0.05) is 40.8 Å². The minimum atomic E-state index is -0.0761. The second kappa shape index (κ2) is 5.99. The van der Waals surface area contributed by atoms with E-state index >= 15 is 0 Å². The largest absolute Gasteiger partial charge is 0.360 e. The maximum atomic E-state index is 12.2. The number of nitrogens with one attached hydrogen (secondary N) is 1. The maximum absolute atomic E-state index is 12.2. The number of anilines is 1. The summed E-state index contributed by atoms with van der Waals surface area (Å²) in [6.45, 7) is 5.72. The van der Waals surface area contributed by atoms with Crippen molar-refractivity contribution in [3.05, 3.63) is 76.8 Å². The minimum Gasteiger partial charge on any atom is -0.360 e. The molecule has 110 valence electrons. The lowest BCUT2D eigenvalue weighted by molar-refractivity contribution is 0.992. The number of benzene rings is 1. The van der Waals surface area contributed by atoms with Gasteiger partial charge in [-0.3, -0.25) is 9.36 Å². The Morgan fingerprint density at radius 1 is 1.32 bits per heavy atom. The second-order valence-electron chi connectivity index (χ2n) is 4.92. The van der Waals surface area contributed by atoms with Crippen molar-refractivity contribution in [3.63, 3.8) is 0 Å². The summed E-state index contributed by atoms with van der Waals surface area (Å²) in [4.78, 5) is 16.5. The molecule has 0 radical (unpaired) electrons. The molecule has 22 heavy (non-hydrogen) atoms. The molecule has 0 amide bonds. The third-order valence-corrected chi connectivity index (χ3v) is 3.89. The highest BCUT2D eigenvalue weighted by Crippen LogP contribution is 2.22. The number of thiazole rings is 1. The molecule has 0 saturated carbocycles. The third-order valence-electron chi connectivity index (χ3n) is 3.07. The van der Waals surface area contributed by atoms with Crippen molar-refractivity contribution in [1.82, 2.24) is 9.55 Å². The van der Waals surface area contributed by atoms with Crippen LogP contribution in [-0.2, 0) is 0 Å². The smallest absolute Gasteiger partial charge is 0.255 e. The van der Waals surface area contributed by atoms with Gasteiger partial charge in [-0.1, -0.05) is 12.6 Å². The van der Waals surface area contributed by atoms with Crippen LogP contribution in [-0.4, -0.2) is 9.55 Å². The summed E-state index contributed by atoms with van der Waals surface area (Å²) in [5.74, 6) is 0. The number of hydrogen-bond acceptors (Lipinski definition) is 4. The van der Waals surface area contributed by atoms with Crippen LogP contribution in [0.2, 0.25) is 0 Å². The number of allylic oxidation sites excluding steroid dienone is 1. The Kier molecular flexibility index (Phi) is 3.89. The van der Waals surface area contributed by atoms with Crippen LogP contribution in [0.15, 0.2) is 71.2 Å². The summed E-state index contributed by atoms with van der Waals surface area (Å²) in [6, 6.07) is 11.0. The number of rotatable bonds is 4. The van der Waals surface area contributed by atoms with Crippen molar-refractivity contribution >= 4 is 17.0 Å². The van der Waals surface area contributed by atoms with Gasteiger partial charge in [-0.05, 0) is 31.2 Å². The quantitative estimate of drug-likeness (QED) is 0.795. The van der Waals surface area contributed by atoms with Gasteiger partial charge in [0.1, 0.15) is 5.01 Å². The van der Waals surface area contributed by atoms with Crippen LogP contribution in [0, 0.1) is 0 Å². The van der Waals surface area contributed by atoms with E-state index < -0.39 is 0 Å². The van der Waals surface area contributed by atoms with Gasteiger partial charge in [0.15, 0.2) is 0 Å². The first-order chi connectivity index (χ1) is 10.6. The molecule has 2 aromatic heterocycles. The standard InChI is InChI=1S/C17H15N3OS/c1-12(2)19-14-4-3-5-15(10-14)20-11-13(6-7-16(20)21)17-18-8-9-22-17/h3-11,19H,1H2,2H3. The van der Waals surface area contributed by atoms with Crippen molar-refractivity contribution in [1.29, 1.82) is 0 Å². The first-order valence-electron chi connectivity index (χ1n) is 6.79. The Hall–Kier alpha value is -2.66. The Morgan fingerprint density at radius 2 is 2.18 bits per heavy atom. The second-order valence-corrected chi connectivity index (χ2v) is 5.81. The fourth-order valence-electron chi connectivity index (χ4n) is 2.16. The van der Waals surface area contributed by atoms with Crippen LogP contribution in [0.1, 0.15) is 6.92 Å². The Balaban J connectivity index is 2.06. The normalized spacial score (nSPS) is 10.4. The summed E-state index contributed by atoms with van der Waals surface area (Å²) < 4.78 is 1.63. The van der Waals surface area contributed by atoms with Crippen molar-refractivity contribution in [2.45, 2.75) is 6.92 Å². The third kappa shape index (κ3) is 2.99. The molecule has 3 aromatic rings. The van der Waals surface area contributed by atoms with Gasteiger partial charge in [0.05, 0.1) is 5.69 Å². The molecule has 0 spiro atoms. The van der Waals surface area contributed by atoms with E-state index in [9.17, 15) is 4.79 Å². The van der Waals surface area contributed by atoms with E-state index in [0.717, 1.165) is 27.6 Å². The predicted octanol–water partition coefficient (Wildman–Crippen LogP) is 3.91. The van der Waals surface area contributed by atoms with Crippen LogP contribution in [0.4, 0.5) is 5.69 Å². The Morgan fingerprint density at radius 3 is 2.91 bits per heavy atom. The van der Waals surface area contributed by atoms with E-state index in [0.29, 0.717) is 0 Å². The zero-order chi connectivity index (χ0) is 15.5. The zero-order valence-corrected chi connectivity index (χ0v) is 12.9. The van der Waals surface area contributed by atoms with E-state index in [1.165, 1.54) is 0 Å². The van der Waals surface area contributed by atoms with Crippen molar-refractivity contribution in [2.75, 3.05) is 5.32 Å². The van der Waals surface area contributed by atoms with E-state index in [1.807, 2.05) is 42.8 Å². The molecule has 0 fully saturated rings. The topological polar surface area (TPSA) is 46.9 Å². The summed E-state index contributed by atoms with van der Waals surface area (Å²) in [6.07, 6.45) is 3.58. The van der Waals surface area contributed by atoms with Gasteiger partial charge >= 0.3 is 0 Å². The molecule has 5 heteroatoms. The van der Waals surface area contributed by atoms with Crippen LogP contribution in [0.25, 0.3) is 16.3 Å². The number of aromatic nitrogens is 2. The highest BCUT2D eigenvalue weighted by molar-refractivity contribution is 7.13.